The van der Waals surface area contributed by atoms with Crippen LogP contribution in [-0.4, -0.2) is 30.0 Å². The van der Waals surface area contributed by atoms with E-state index in [0.717, 1.165) is 37.9 Å². The highest BCUT2D eigenvalue weighted by Gasteiger charge is 2.29. The number of hydrogen-bond acceptors (Lipinski definition) is 5. The maximum absolute atomic E-state index is 12.7. The van der Waals surface area contributed by atoms with E-state index in [0.29, 0.717) is 35.6 Å². The van der Waals surface area contributed by atoms with Gasteiger partial charge in [-0.25, -0.2) is 4.98 Å². The average Bonchev–Trinajstić information content (AvgIpc) is 2.77. The summed E-state index contributed by atoms with van der Waals surface area (Å²) >= 11 is 0. The smallest absolute Gasteiger partial charge is 0.212 e. The number of rotatable bonds is 8. The molecule has 5 heteroatoms. The summed E-state index contributed by atoms with van der Waals surface area (Å²) in [7, 11) is 3.26. The number of ketones is 1. The van der Waals surface area contributed by atoms with Crippen LogP contribution in [0.15, 0.2) is 36.8 Å². The first kappa shape index (κ1) is 20.3. The summed E-state index contributed by atoms with van der Waals surface area (Å²) in [5, 5.41) is 0. The Kier molecular flexibility index (Phi) is 7.01. The molecule has 5 nitrogen and oxygen atoms in total. The number of Topliss-reactive ketones (excluding diaryl/α,β-unsaturated/α-hetero) is 1. The van der Waals surface area contributed by atoms with Gasteiger partial charge in [0.2, 0.25) is 5.88 Å². The van der Waals surface area contributed by atoms with Crippen molar-refractivity contribution in [3.8, 4) is 11.6 Å². The Morgan fingerprint density at radius 2 is 1.89 bits per heavy atom. The molecule has 1 aliphatic carbocycles. The summed E-state index contributed by atoms with van der Waals surface area (Å²) in [6, 6.07) is 5.67. The lowest BCUT2D eigenvalue weighted by Crippen LogP contribution is -2.23. The standard InChI is InChI=1S/C23H30N2O3/c1-4-16(12-22(26)19-9-10-23(28-3)25-14-19)17-5-7-18(8-6-17)20-11-21(27-2)15-24-13-20/h9-11,13-18H,4-8,12H2,1-3H3/t16-,17?,18?/m1/s1. The molecule has 3 rings (SSSR count). The van der Waals surface area contributed by atoms with Crippen LogP contribution in [0.2, 0.25) is 0 Å². The van der Waals surface area contributed by atoms with Crippen LogP contribution < -0.4 is 9.47 Å². The van der Waals surface area contributed by atoms with E-state index >= 15 is 0 Å². The number of hydrogen-bond donors (Lipinski definition) is 0. The van der Waals surface area contributed by atoms with Crippen molar-refractivity contribution in [3.05, 3.63) is 47.9 Å². The number of carbonyl (C=O) groups excluding carboxylic acids is 1. The Hall–Kier alpha value is -2.43. The van der Waals surface area contributed by atoms with Crippen LogP contribution in [0, 0.1) is 11.8 Å². The minimum absolute atomic E-state index is 0.182. The molecule has 2 aromatic heterocycles. The maximum Gasteiger partial charge on any atom is 0.212 e. The van der Waals surface area contributed by atoms with Crippen molar-refractivity contribution in [2.45, 2.75) is 51.4 Å². The van der Waals surface area contributed by atoms with Crippen molar-refractivity contribution in [3.63, 3.8) is 0 Å². The Morgan fingerprint density at radius 1 is 1.11 bits per heavy atom. The van der Waals surface area contributed by atoms with Gasteiger partial charge in [-0.15, -0.1) is 0 Å². The molecule has 2 heterocycles. The second-order valence-corrected chi connectivity index (χ2v) is 7.65. The summed E-state index contributed by atoms with van der Waals surface area (Å²) in [6.07, 6.45) is 11.6. The van der Waals surface area contributed by atoms with Gasteiger partial charge in [0.05, 0.1) is 20.4 Å². The molecule has 150 valence electrons. The zero-order chi connectivity index (χ0) is 19.9. The molecular formula is C23H30N2O3. The van der Waals surface area contributed by atoms with Gasteiger partial charge in [0.15, 0.2) is 5.78 Å². The van der Waals surface area contributed by atoms with Gasteiger partial charge in [0, 0.05) is 30.4 Å². The number of nitrogens with zero attached hydrogens (tertiary/aromatic N) is 2. The van der Waals surface area contributed by atoms with E-state index in [1.807, 2.05) is 12.3 Å². The molecule has 28 heavy (non-hydrogen) atoms. The predicted octanol–water partition coefficient (Wildman–Crippen LogP) is 5.07. The molecule has 0 saturated heterocycles. The predicted molar refractivity (Wildman–Crippen MR) is 109 cm³/mol. The van der Waals surface area contributed by atoms with Crippen molar-refractivity contribution in [2.24, 2.45) is 11.8 Å². The van der Waals surface area contributed by atoms with E-state index in [1.165, 1.54) is 5.56 Å². The summed E-state index contributed by atoms with van der Waals surface area (Å²) in [4.78, 5) is 21.2. The van der Waals surface area contributed by atoms with Crippen molar-refractivity contribution in [1.29, 1.82) is 0 Å². The SMILES string of the molecule is CC[C@H](CC(=O)c1ccc(OC)nc1)C1CCC(c2cncc(OC)c2)CC1. The zero-order valence-corrected chi connectivity index (χ0v) is 17.1. The number of aromatic nitrogens is 2. The van der Waals surface area contributed by atoms with Crippen molar-refractivity contribution in [1.82, 2.24) is 9.97 Å². The summed E-state index contributed by atoms with van der Waals surface area (Å²) < 4.78 is 10.4. The number of pyridine rings is 2. The fourth-order valence-corrected chi connectivity index (χ4v) is 4.36. The lowest BCUT2D eigenvalue weighted by Gasteiger charge is -2.33. The summed E-state index contributed by atoms with van der Waals surface area (Å²) in [6.45, 7) is 2.20. The topological polar surface area (TPSA) is 61.3 Å². The van der Waals surface area contributed by atoms with Crippen LogP contribution in [0.5, 0.6) is 11.6 Å². The summed E-state index contributed by atoms with van der Waals surface area (Å²) in [5.74, 6) is 3.12. The molecule has 0 bridgehead atoms. The number of carbonyl (C=O) groups is 1. The largest absolute Gasteiger partial charge is 0.495 e. The second kappa shape index (κ2) is 9.67. The molecule has 0 radical (unpaired) electrons. The molecule has 1 fully saturated rings. The monoisotopic (exact) mass is 382 g/mol. The first-order valence-corrected chi connectivity index (χ1v) is 10.2. The average molecular weight is 383 g/mol. The van der Waals surface area contributed by atoms with E-state index in [-0.39, 0.29) is 5.78 Å². The van der Waals surface area contributed by atoms with Crippen LogP contribution in [0.25, 0.3) is 0 Å². The molecule has 0 spiro atoms. The van der Waals surface area contributed by atoms with Gasteiger partial charge in [-0.2, -0.15) is 0 Å². The third-order valence-corrected chi connectivity index (χ3v) is 6.12. The first-order valence-electron chi connectivity index (χ1n) is 10.2. The fraction of sp³-hybridized carbons (Fsp3) is 0.522. The van der Waals surface area contributed by atoms with Crippen LogP contribution in [0.1, 0.15) is 67.3 Å². The lowest BCUT2D eigenvalue weighted by molar-refractivity contribution is 0.0925. The van der Waals surface area contributed by atoms with Crippen LogP contribution >= 0.6 is 0 Å². The van der Waals surface area contributed by atoms with Gasteiger partial charge in [-0.05, 0) is 61.1 Å². The first-order chi connectivity index (χ1) is 13.6. The summed E-state index contributed by atoms with van der Waals surface area (Å²) in [5.41, 5.74) is 1.95. The molecule has 0 N–H and O–H groups in total. The number of ether oxygens (including phenoxy) is 2. The minimum atomic E-state index is 0.182. The van der Waals surface area contributed by atoms with Crippen molar-refractivity contribution >= 4 is 5.78 Å². The van der Waals surface area contributed by atoms with Crippen molar-refractivity contribution in [2.75, 3.05) is 14.2 Å². The molecule has 1 aliphatic rings. The van der Waals surface area contributed by atoms with Crippen LogP contribution in [-0.2, 0) is 0 Å². The van der Waals surface area contributed by atoms with Gasteiger partial charge in [-0.3, -0.25) is 9.78 Å². The normalized spacial score (nSPS) is 20.4. The Morgan fingerprint density at radius 3 is 2.50 bits per heavy atom. The minimum Gasteiger partial charge on any atom is -0.495 e. The Bertz CT molecular complexity index is 768. The van der Waals surface area contributed by atoms with Gasteiger partial charge < -0.3 is 9.47 Å². The molecule has 0 unspecified atom stereocenters. The fourth-order valence-electron chi connectivity index (χ4n) is 4.36. The van der Waals surface area contributed by atoms with E-state index < -0.39 is 0 Å². The zero-order valence-electron chi connectivity index (χ0n) is 17.1. The molecule has 0 aliphatic heterocycles. The molecule has 2 aromatic rings. The highest BCUT2D eigenvalue weighted by atomic mass is 16.5. The third-order valence-electron chi connectivity index (χ3n) is 6.12. The third kappa shape index (κ3) is 4.89. The molecule has 1 saturated carbocycles. The lowest BCUT2D eigenvalue weighted by atomic mass is 9.72. The Labute approximate surface area is 167 Å². The quantitative estimate of drug-likeness (QED) is 0.597. The van der Waals surface area contributed by atoms with Gasteiger partial charge >= 0.3 is 0 Å². The molecular weight excluding hydrogens is 352 g/mol. The molecule has 0 amide bonds. The van der Waals surface area contributed by atoms with E-state index in [9.17, 15) is 4.79 Å². The van der Waals surface area contributed by atoms with E-state index in [2.05, 4.69) is 23.0 Å². The second-order valence-electron chi connectivity index (χ2n) is 7.65. The number of methoxy groups -OCH3 is 2. The van der Waals surface area contributed by atoms with Gasteiger partial charge in [0.25, 0.3) is 0 Å². The Balaban J connectivity index is 1.57. The van der Waals surface area contributed by atoms with Gasteiger partial charge in [0.1, 0.15) is 5.75 Å². The van der Waals surface area contributed by atoms with Crippen LogP contribution in [0.3, 0.4) is 0 Å². The highest BCUT2D eigenvalue weighted by molar-refractivity contribution is 5.95. The van der Waals surface area contributed by atoms with E-state index in [4.69, 9.17) is 9.47 Å². The molecule has 0 aromatic carbocycles. The highest BCUT2D eigenvalue weighted by Crippen LogP contribution is 2.41. The van der Waals surface area contributed by atoms with Gasteiger partial charge in [-0.1, -0.05) is 13.3 Å². The van der Waals surface area contributed by atoms with Crippen molar-refractivity contribution < 1.29 is 14.3 Å². The molecule has 1 atom stereocenters. The van der Waals surface area contributed by atoms with E-state index in [1.54, 1.807) is 32.7 Å². The maximum atomic E-state index is 12.7. The van der Waals surface area contributed by atoms with Crippen LogP contribution in [0.4, 0.5) is 0 Å².